The highest BCUT2D eigenvalue weighted by Gasteiger charge is 2.49. The van der Waals surface area contributed by atoms with E-state index >= 15 is 0 Å². The molecule has 10 heteroatoms. The Hall–Kier alpha value is -2.81. The molecule has 0 aliphatic heterocycles. The molecule has 1 aromatic carbocycles. The van der Waals surface area contributed by atoms with Gasteiger partial charge in [-0.1, -0.05) is 17.7 Å². The first-order chi connectivity index (χ1) is 14.6. The van der Waals surface area contributed by atoms with Crippen molar-refractivity contribution in [3.63, 3.8) is 0 Å². The fraction of sp³-hybridized carbons (Fsp3) is 0.381. The molecular formula is C21H20ClF3N2O4. The fourth-order valence-corrected chi connectivity index (χ4v) is 3.95. The smallest absolute Gasteiger partial charge is 0.391 e. The molecule has 1 aromatic heterocycles. The van der Waals surface area contributed by atoms with Gasteiger partial charge >= 0.3 is 12.1 Å². The van der Waals surface area contributed by atoms with Gasteiger partial charge in [-0.25, -0.2) is 4.79 Å². The molecule has 0 radical (unpaired) electrons. The molecule has 0 unspecified atom stereocenters. The highest BCUT2D eigenvalue weighted by molar-refractivity contribution is 6.32. The number of pyridine rings is 1. The number of nitrogens with one attached hydrogen (secondary N) is 1. The van der Waals surface area contributed by atoms with Gasteiger partial charge < -0.3 is 15.2 Å². The van der Waals surface area contributed by atoms with Gasteiger partial charge in [-0.2, -0.15) is 13.2 Å². The number of rotatable bonds is 5. The van der Waals surface area contributed by atoms with Crippen molar-refractivity contribution in [1.82, 2.24) is 10.3 Å². The Balaban J connectivity index is 1.80. The van der Waals surface area contributed by atoms with Gasteiger partial charge in [-0.05, 0) is 49.4 Å². The number of benzene rings is 1. The van der Waals surface area contributed by atoms with Crippen molar-refractivity contribution in [1.29, 1.82) is 0 Å². The lowest BCUT2D eigenvalue weighted by Crippen LogP contribution is -2.57. The van der Waals surface area contributed by atoms with Crippen molar-refractivity contribution in [2.45, 2.75) is 37.4 Å². The predicted octanol–water partition coefficient (Wildman–Crippen LogP) is 4.72. The van der Waals surface area contributed by atoms with Crippen LogP contribution in [-0.4, -0.2) is 40.8 Å². The van der Waals surface area contributed by atoms with Crippen LogP contribution in [0.1, 0.15) is 36.0 Å². The van der Waals surface area contributed by atoms with Crippen LogP contribution >= 0.6 is 11.6 Å². The molecule has 1 amide bonds. The van der Waals surface area contributed by atoms with E-state index in [4.69, 9.17) is 16.3 Å². The number of alkyl halides is 3. The van der Waals surface area contributed by atoms with Gasteiger partial charge in [-0.15, -0.1) is 0 Å². The molecule has 3 rings (SSSR count). The Morgan fingerprint density at radius 1 is 1.19 bits per heavy atom. The summed E-state index contributed by atoms with van der Waals surface area (Å²) in [6.07, 6.45) is -2.94. The lowest BCUT2D eigenvalue weighted by Gasteiger charge is -2.37. The Morgan fingerprint density at radius 3 is 2.42 bits per heavy atom. The minimum absolute atomic E-state index is 0.0861. The van der Waals surface area contributed by atoms with Crippen molar-refractivity contribution in [2.24, 2.45) is 5.92 Å². The topological polar surface area (TPSA) is 88.5 Å². The maximum Gasteiger partial charge on any atom is 0.391 e. The van der Waals surface area contributed by atoms with Crippen LogP contribution in [0.4, 0.5) is 13.2 Å². The number of carbonyl (C=O) groups is 2. The highest BCUT2D eigenvalue weighted by atomic mass is 35.5. The molecule has 1 aliphatic rings. The average Bonchev–Trinajstić information content (AvgIpc) is 2.73. The van der Waals surface area contributed by atoms with Crippen molar-refractivity contribution < 1.29 is 32.6 Å². The minimum Gasteiger partial charge on any atom is -0.495 e. The normalized spacial score (nSPS) is 21.4. The molecule has 6 nitrogen and oxygen atoms in total. The molecule has 1 saturated carbocycles. The summed E-state index contributed by atoms with van der Waals surface area (Å²) < 4.78 is 43.9. The van der Waals surface area contributed by atoms with Crippen molar-refractivity contribution in [3.8, 4) is 16.9 Å². The zero-order chi connectivity index (χ0) is 22.8. The third-order valence-corrected chi connectivity index (χ3v) is 5.85. The summed E-state index contributed by atoms with van der Waals surface area (Å²) in [6, 6.07) is 6.52. The second-order valence-corrected chi connectivity index (χ2v) is 7.88. The number of carboxylic acid groups (broad SMARTS) is 1. The van der Waals surface area contributed by atoms with Crippen LogP contribution in [0, 0.1) is 5.92 Å². The number of hydrogen-bond acceptors (Lipinski definition) is 4. The van der Waals surface area contributed by atoms with E-state index in [-0.39, 0.29) is 31.2 Å². The van der Waals surface area contributed by atoms with Crippen LogP contribution in [0.3, 0.4) is 0 Å². The van der Waals surface area contributed by atoms with Gasteiger partial charge in [0.25, 0.3) is 5.91 Å². The molecule has 1 aliphatic carbocycles. The Labute approximate surface area is 181 Å². The monoisotopic (exact) mass is 456 g/mol. The molecule has 0 spiro atoms. The van der Waals surface area contributed by atoms with Crippen molar-refractivity contribution in [2.75, 3.05) is 7.11 Å². The summed E-state index contributed by atoms with van der Waals surface area (Å²) in [5.74, 6) is -3.17. The summed E-state index contributed by atoms with van der Waals surface area (Å²) in [6.45, 7) is 0. The van der Waals surface area contributed by atoms with E-state index in [9.17, 15) is 27.9 Å². The standard InChI is InChI=1S/C21H20ClF3N2O4/c1-31-17-3-2-12(9-16(17)22)13-8-14(11-26-10-13)18(28)27-20(19(29)30)6-4-15(5-7-20)21(23,24)25/h2-3,8-11,15H,4-7H2,1H3,(H,27,28)(H,29,30)/t15-,20+. The van der Waals surface area contributed by atoms with Gasteiger partial charge in [0.2, 0.25) is 0 Å². The van der Waals surface area contributed by atoms with Crippen LogP contribution in [0.15, 0.2) is 36.7 Å². The first-order valence-corrected chi connectivity index (χ1v) is 9.85. The average molecular weight is 457 g/mol. The number of carbonyl (C=O) groups excluding carboxylic acids is 1. The van der Waals surface area contributed by atoms with Gasteiger partial charge in [0, 0.05) is 18.0 Å². The van der Waals surface area contributed by atoms with E-state index in [2.05, 4.69) is 10.3 Å². The van der Waals surface area contributed by atoms with E-state index in [0.717, 1.165) is 0 Å². The van der Waals surface area contributed by atoms with Crippen LogP contribution in [-0.2, 0) is 4.79 Å². The zero-order valence-electron chi connectivity index (χ0n) is 16.5. The summed E-state index contributed by atoms with van der Waals surface area (Å²) in [5.41, 5.74) is -0.449. The van der Waals surface area contributed by atoms with Gasteiger partial charge in [0.15, 0.2) is 0 Å². The fourth-order valence-electron chi connectivity index (χ4n) is 3.69. The van der Waals surface area contributed by atoms with Gasteiger partial charge in [-0.3, -0.25) is 9.78 Å². The quantitative estimate of drug-likeness (QED) is 0.680. The number of halogens is 4. The molecule has 2 N–H and O–H groups in total. The van der Waals surface area contributed by atoms with E-state index in [0.29, 0.717) is 21.9 Å². The number of amides is 1. The first-order valence-electron chi connectivity index (χ1n) is 9.47. The molecule has 1 heterocycles. The molecule has 31 heavy (non-hydrogen) atoms. The number of hydrogen-bond donors (Lipinski definition) is 2. The van der Waals surface area contributed by atoms with E-state index in [1.807, 2.05) is 0 Å². The number of nitrogens with zero attached hydrogens (tertiary/aromatic N) is 1. The van der Waals surface area contributed by atoms with E-state index in [1.165, 1.54) is 25.6 Å². The Bertz CT molecular complexity index is 989. The van der Waals surface area contributed by atoms with E-state index < -0.39 is 29.5 Å². The maximum atomic E-state index is 12.9. The van der Waals surface area contributed by atoms with Crippen LogP contribution in [0.25, 0.3) is 11.1 Å². The molecule has 0 bridgehead atoms. The van der Waals surface area contributed by atoms with Gasteiger partial charge in [0.1, 0.15) is 11.3 Å². The Kier molecular flexibility index (Phi) is 6.45. The lowest BCUT2D eigenvalue weighted by molar-refractivity contribution is -0.187. The van der Waals surface area contributed by atoms with Crippen molar-refractivity contribution >= 4 is 23.5 Å². The van der Waals surface area contributed by atoms with Crippen molar-refractivity contribution in [3.05, 3.63) is 47.2 Å². The maximum absolute atomic E-state index is 12.9. The minimum atomic E-state index is -4.38. The van der Waals surface area contributed by atoms with Crippen LogP contribution in [0.2, 0.25) is 5.02 Å². The number of ether oxygens (including phenoxy) is 1. The molecule has 0 atom stereocenters. The summed E-state index contributed by atoms with van der Waals surface area (Å²) in [5, 5.41) is 12.4. The van der Waals surface area contributed by atoms with Crippen LogP contribution < -0.4 is 10.1 Å². The second kappa shape index (κ2) is 8.74. The summed E-state index contributed by atoms with van der Waals surface area (Å²) >= 11 is 6.14. The number of carboxylic acids is 1. The largest absolute Gasteiger partial charge is 0.495 e. The third kappa shape index (κ3) is 4.92. The molecule has 0 saturated heterocycles. The summed E-state index contributed by atoms with van der Waals surface area (Å²) in [7, 11) is 1.48. The second-order valence-electron chi connectivity index (χ2n) is 7.47. The number of aromatic nitrogens is 1. The third-order valence-electron chi connectivity index (χ3n) is 5.55. The lowest BCUT2D eigenvalue weighted by atomic mass is 9.76. The van der Waals surface area contributed by atoms with Crippen LogP contribution in [0.5, 0.6) is 5.75 Å². The predicted molar refractivity (Wildman–Crippen MR) is 107 cm³/mol. The summed E-state index contributed by atoms with van der Waals surface area (Å²) in [4.78, 5) is 28.6. The zero-order valence-corrected chi connectivity index (χ0v) is 17.3. The molecule has 2 aromatic rings. The molecule has 166 valence electrons. The number of aliphatic carboxylic acids is 1. The SMILES string of the molecule is COc1ccc(-c2cncc(C(=O)N[C@]3(C(=O)O)CC[C@H](C(F)(F)F)CC3)c2)cc1Cl. The first kappa shape index (κ1) is 22.9. The van der Waals surface area contributed by atoms with E-state index in [1.54, 1.807) is 18.2 Å². The Morgan fingerprint density at radius 2 is 1.87 bits per heavy atom. The van der Waals surface area contributed by atoms with Gasteiger partial charge in [0.05, 0.1) is 23.6 Å². The molecule has 1 fully saturated rings. The highest BCUT2D eigenvalue weighted by Crippen LogP contribution is 2.41. The number of methoxy groups -OCH3 is 1. The molecular weight excluding hydrogens is 437 g/mol.